The fourth-order valence-corrected chi connectivity index (χ4v) is 4.58. The van der Waals surface area contributed by atoms with Gasteiger partial charge in [-0.2, -0.15) is 0 Å². The Morgan fingerprint density at radius 3 is 2.65 bits per heavy atom. The van der Waals surface area contributed by atoms with Crippen molar-refractivity contribution < 1.29 is 9.29 Å². The number of nitrogens with zero attached hydrogens (tertiary/aromatic N) is 1. The van der Waals surface area contributed by atoms with Crippen LogP contribution in [0.4, 0.5) is 0 Å². The largest absolute Gasteiger partial charge is 0.598 e. The van der Waals surface area contributed by atoms with Gasteiger partial charge in [-0.15, -0.1) is 4.72 Å². The Hall–Kier alpha value is -0.820. The number of pyridine rings is 1. The first-order valence-electron chi connectivity index (χ1n) is 8.28. The molecule has 1 aromatic heterocycles. The summed E-state index contributed by atoms with van der Waals surface area (Å²) < 4.78 is 21.2. The Balaban J connectivity index is 1.94. The van der Waals surface area contributed by atoms with E-state index < -0.39 is 11.4 Å². The quantitative estimate of drug-likeness (QED) is 0.827. The van der Waals surface area contributed by atoms with Crippen LogP contribution in [0.1, 0.15) is 50.9 Å². The monoisotopic (exact) mass is 337 g/mol. The van der Waals surface area contributed by atoms with E-state index in [0.717, 1.165) is 38.0 Å². The second-order valence-corrected chi connectivity index (χ2v) is 9.61. The summed E-state index contributed by atoms with van der Waals surface area (Å²) in [5.74, 6) is 0.658. The van der Waals surface area contributed by atoms with Crippen molar-refractivity contribution in [3.8, 4) is 5.88 Å². The molecule has 1 fully saturated rings. The number of piperidine rings is 1. The summed E-state index contributed by atoms with van der Waals surface area (Å²) in [5.41, 5.74) is 2.38. The highest BCUT2D eigenvalue weighted by molar-refractivity contribution is 7.90. The number of aromatic nitrogens is 1. The summed E-state index contributed by atoms with van der Waals surface area (Å²) in [4.78, 5) is 4.66. The fraction of sp³-hybridized carbons (Fsp3) is 0.706. The normalized spacial score (nSPS) is 24.5. The maximum absolute atomic E-state index is 12.7. The summed E-state index contributed by atoms with van der Waals surface area (Å²) in [7, 11) is 1.65. The van der Waals surface area contributed by atoms with Gasteiger partial charge in [-0.25, -0.2) is 4.98 Å². The Morgan fingerprint density at radius 2 is 2.04 bits per heavy atom. The molecule has 0 bridgehead atoms. The average Bonchev–Trinajstić information content (AvgIpc) is 2.79. The smallest absolute Gasteiger partial charge is 0.213 e. The van der Waals surface area contributed by atoms with Crippen LogP contribution < -0.4 is 14.8 Å². The van der Waals surface area contributed by atoms with Gasteiger partial charge in [0.05, 0.1) is 18.8 Å². The van der Waals surface area contributed by atoms with Crippen molar-refractivity contribution in [3.63, 3.8) is 0 Å². The van der Waals surface area contributed by atoms with E-state index in [9.17, 15) is 4.55 Å². The van der Waals surface area contributed by atoms with Crippen LogP contribution >= 0.6 is 0 Å². The van der Waals surface area contributed by atoms with Gasteiger partial charge in [-0.3, -0.25) is 0 Å². The molecule has 1 aliphatic heterocycles. The minimum atomic E-state index is -1.10. The van der Waals surface area contributed by atoms with Gasteiger partial charge in [0, 0.05) is 22.8 Å². The molecule has 1 aromatic rings. The standard InChI is InChI=1S/C17H27N3O2S/c1-16(2,3)23(21)20-15-12-5-6-14(22-4)19-13(12)11-17(15)7-9-18-10-8-17/h5-6,15,18,20H,7-11H2,1-4H3. The molecular weight excluding hydrogens is 310 g/mol. The molecule has 2 unspecified atom stereocenters. The maximum Gasteiger partial charge on any atom is 0.213 e. The predicted molar refractivity (Wildman–Crippen MR) is 92.8 cm³/mol. The lowest BCUT2D eigenvalue weighted by Crippen LogP contribution is -2.48. The van der Waals surface area contributed by atoms with Crippen LogP contribution in [0.5, 0.6) is 5.88 Å². The van der Waals surface area contributed by atoms with E-state index in [1.807, 2.05) is 26.8 Å². The molecule has 2 aliphatic rings. The number of hydrogen-bond donors (Lipinski definition) is 2. The molecule has 0 aromatic carbocycles. The number of methoxy groups -OCH3 is 1. The van der Waals surface area contributed by atoms with Crippen molar-refractivity contribution in [2.75, 3.05) is 20.2 Å². The number of nitrogens with one attached hydrogen (secondary N) is 2. The molecule has 0 saturated carbocycles. The lowest BCUT2D eigenvalue weighted by atomic mass is 9.74. The van der Waals surface area contributed by atoms with Crippen LogP contribution in [-0.2, 0) is 17.8 Å². The zero-order valence-corrected chi connectivity index (χ0v) is 15.3. The molecule has 2 atom stereocenters. The molecule has 5 nitrogen and oxygen atoms in total. The summed E-state index contributed by atoms with van der Waals surface area (Å²) in [6.45, 7) is 8.03. The Morgan fingerprint density at radius 1 is 1.35 bits per heavy atom. The number of hydrogen-bond acceptors (Lipinski definition) is 5. The van der Waals surface area contributed by atoms with Gasteiger partial charge in [-0.1, -0.05) is 6.07 Å². The highest BCUT2D eigenvalue weighted by Crippen LogP contribution is 2.51. The molecule has 2 heterocycles. The second-order valence-electron chi connectivity index (χ2n) is 7.61. The van der Waals surface area contributed by atoms with Crippen LogP contribution in [0.3, 0.4) is 0 Å². The van der Waals surface area contributed by atoms with Crippen LogP contribution in [0.15, 0.2) is 12.1 Å². The first-order chi connectivity index (χ1) is 10.9. The SMILES string of the molecule is COc1ccc2c(n1)CC1(CCNCC1)C2N[S+]([O-])C(C)(C)C. The van der Waals surface area contributed by atoms with Gasteiger partial charge < -0.3 is 14.6 Å². The molecule has 1 saturated heterocycles. The molecule has 0 radical (unpaired) electrons. The van der Waals surface area contributed by atoms with Crippen molar-refractivity contribution in [3.05, 3.63) is 23.4 Å². The predicted octanol–water partition coefficient (Wildman–Crippen LogP) is 2.11. The first kappa shape index (κ1) is 17.0. The van der Waals surface area contributed by atoms with Gasteiger partial charge in [0.25, 0.3) is 0 Å². The molecule has 2 N–H and O–H groups in total. The number of rotatable bonds is 3. The van der Waals surface area contributed by atoms with Crippen molar-refractivity contribution >= 4 is 11.4 Å². The third kappa shape index (κ3) is 3.22. The summed E-state index contributed by atoms with van der Waals surface area (Å²) in [5, 5.41) is 3.44. The average molecular weight is 337 g/mol. The highest BCUT2D eigenvalue weighted by Gasteiger charge is 2.50. The Kier molecular flexibility index (Phi) is 4.62. The minimum absolute atomic E-state index is 0.0954. The van der Waals surface area contributed by atoms with Crippen LogP contribution in [0.25, 0.3) is 0 Å². The topological polar surface area (TPSA) is 69.2 Å². The van der Waals surface area contributed by atoms with Crippen molar-refractivity contribution in [2.24, 2.45) is 5.41 Å². The third-order valence-corrected chi connectivity index (χ3v) is 6.58. The summed E-state index contributed by atoms with van der Waals surface area (Å²) >= 11 is -1.10. The van der Waals surface area contributed by atoms with E-state index in [2.05, 4.69) is 21.1 Å². The van der Waals surface area contributed by atoms with Gasteiger partial charge in [0.1, 0.15) is 4.75 Å². The van der Waals surface area contributed by atoms with Crippen molar-refractivity contribution in [1.82, 2.24) is 15.0 Å². The number of fused-ring (bicyclic) bond motifs is 1. The fourth-order valence-electron chi connectivity index (χ4n) is 3.64. The molecule has 1 aliphatic carbocycles. The lowest BCUT2D eigenvalue weighted by molar-refractivity contribution is 0.163. The Bertz CT molecular complexity index is 567. The van der Waals surface area contributed by atoms with E-state index in [1.165, 1.54) is 5.56 Å². The summed E-state index contributed by atoms with van der Waals surface area (Å²) in [6, 6.07) is 4.10. The van der Waals surface area contributed by atoms with Gasteiger partial charge in [0.2, 0.25) is 5.88 Å². The molecule has 3 rings (SSSR count). The third-order valence-electron chi connectivity index (χ3n) is 5.02. The van der Waals surface area contributed by atoms with E-state index in [4.69, 9.17) is 4.74 Å². The van der Waals surface area contributed by atoms with E-state index in [-0.39, 0.29) is 16.2 Å². The maximum atomic E-state index is 12.7. The van der Waals surface area contributed by atoms with Gasteiger partial charge >= 0.3 is 0 Å². The second kappa shape index (κ2) is 6.24. The molecule has 1 spiro atoms. The van der Waals surface area contributed by atoms with Crippen molar-refractivity contribution in [1.29, 1.82) is 0 Å². The van der Waals surface area contributed by atoms with E-state index in [0.29, 0.717) is 5.88 Å². The molecule has 23 heavy (non-hydrogen) atoms. The van der Waals surface area contributed by atoms with Crippen LogP contribution in [-0.4, -0.2) is 34.5 Å². The van der Waals surface area contributed by atoms with Gasteiger partial charge in [0.15, 0.2) is 0 Å². The molecule has 0 amide bonds. The Labute approximate surface area is 141 Å². The lowest BCUT2D eigenvalue weighted by Gasteiger charge is -2.40. The van der Waals surface area contributed by atoms with Crippen LogP contribution in [0, 0.1) is 5.41 Å². The molecular formula is C17H27N3O2S. The van der Waals surface area contributed by atoms with Crippen LogP contribution in [0.2, 0.25) is 0 Å². The first-order valence-corrected chi connectivity index (χ1v) is 9.43. The number of ether oxygens (including phenoxy) is 1. The van der Waals surface area contributed by atoms with Crippen molar-refractivity contribution in [2.45, 2.75) is 50.8 Å². The highest BCUT2D eigenvalue weighted by atomic mass is 32.2. The zero-order valence-electron chi connectivity index (χ0n) is 14.4. The summed E-state index contributed by atoms with van der Waals surface area (Å²) in [6.07, 6.45) is 3.08. The zero-order chi connectivity index (χ0) is 16.7. The van der Waals surface area contributed by atoms with E-state index >= 15 is 0 Å². The minimum Gasteiger partial charge on any atom is -0.598 e. The molecule has 6 heteroatoms. The molecule has 128 valence electrons. The van der Waals surface area contributed by atoms with E-state index in [1.54, 1.807) is 7.11 Å². The van der Waals surface area contributed by atoms with Gasteiger partial charge in [-0.05, 0) is 58.7 Å².